The zero-order valence-electron chi connectivity index (χ0n) is 10.4. The molecule has 0 atom stereocenters. The molecule has 1 aromatic carbocycles. The fourth-order valence-corrected chi connectivity index (χ4v) is 1.47. The number of aryl methyl sites for hydroxylation is 1. The first-order valence-electron chi connectivity index (χ1n) is 5.53. The average Bonchev–Trinajstić information content (AvgIpc) is 2.71. The van der Waals surface area contributed by atoms with E-state index in [0.717, 1.165) is 0 Å². The van der Waals surface area contributed by atoms with E-state index in [1.807, 2.05) is 19.9 Å². The maximum atomic E-state index is 13.2. The largest absolute Gasteiger partial charge is 0.239 e. The van der Waals surface area contributed by atoms with Crippen molar-refractivity contribution >= 4 is 11.6 Å². The number of hydrogen-bond acceptors (Lipinski definition) is 2. The fourth-order valence-electron chi connectivity index (χ4n) is 1.34. The molecule has 0 fully saturated rings. The number of rotatable bonds is 1. The summed E-state index contributed by atoms with van der Waals surface area (Å²) in [4.78, 5) is 0. The Hall–Kier alpha value is -1.86. The summed E-state index contributed by atoms with van der Waals surface area (Å²) in [5.41, 5.74) is 1.38. The van der Waals surface area contributed by atoms with E-state index in [4.69, 9.17) is 16.9 Å². The summed E-state index contributed by atoms with van der Waals surface area (Å²) >= 11 is 5.85. The van der Waals surface area contributed by atoms with Gasteiger partial charge in [-0.05, 0) is 25.1 Å². The maximum absolute atomic E-state index is 13.2. The first-order chi connectivity index (χ1) is 8.60. The van der Waals surface area contributed by atoms with Crippen molar-refractivity contribution < 1.29 is 4.39 Å². The van der Waals surface area contributed by atoms with Gasteiger partial charge in [0.15, 0.2) is 0 Å². The molecule has 18 heavy (non-hydrogen) atoms. The van der Waals surface area contributed by atoms with Crippen LogP contribution in [0.4, 0.5) is 4.39 Å². The molecule has 0 aliphatic carbocycles. The third kappa shape index (κ3) is 3.08. The summed E-state index contributed by atoms with van der Waals surface area (Å²) < 4.78 is 14.6. The van der Waals surface area contributed by atoms with Crippen molar-refractivity contribution in [2.45, 2.75) is 20.8 Å². The Morgan fingerprint density at radius 3 is 2.50 bits per heavy atom. The van der Waals surface area contributed by atoms with Crippen molar-refractivity contribution in [2.75, 3.05) is 0 Å². The molecule has 5 heteroatoms. The summed E-state index contributed by atoms with van der Waals surface area (Å²) in [5.74, 6) is -0.474. The molecule has 0 saturated carbocycles. The highest BCUT2D eigenvalue weighted by Gasteiger charge is 2.06. The van der Waals surface area contributed by atoms with Gasteiger partial charge in [0, 0.05) is 6.20 Å². The number of benzene rings is 1. The first kappa shape index (κ1) is 14.2. The average molecular weight is 266 g/mol. The molecule has 0 saturated heterocycles. The molecular weight excluding hydrogens is 253 g/mol. The van der Waals surface area contributed by atoms with Gasteiger partial charge in [-0.15, -0.1) is 0 Å². The van der Waals surface area contributed by atoms with Crippen LogP contribution >= 0.6 is 11.6 Å². The van der Waals surface area contributed by atoms with Gasteiger partial charge in [-0.1, -0.05) is 25.4 Å². The van der Waals surface area contributed by atoms with Crippen LogP contribution in [-0.4, -0.2) is 9.78 Å². The van der Waals surface area contributed by atoms with E-state index >= 15 is 0 Å². The van der Waals surface area contributed by atoms with E-state index in [1.165, 1.54) is 16.8 Å². The Bertz CT molecular complexity index is 565. The molecule has 1 aromatic heterocycles. The summed E-state index contributed by atoms with van der Waals surface area (Å²) in [6.45, 7) is 5.75. The zero-order valence-corrected chi connectivity index (χ0v) is 11.2. The minimum absolute atomic E-state index is 0.249. The SMILES string of the molecule is CC.Cc1nn(-c2cc(F)cc(C#N)c2)cc1Cl. The number of nitrogens with zero attached hydrogens (tertiary/aromatic N) is 3. The molecule has 2 aromatic rings. The van der Waals surface area contributed by atoms with Gasteiger partial charge < -0.3 is 0 Å². The molecule has 0 unspecified atom stereocenters. The van der Waals surface area contributed by atoms with E-state index in [0.29, 0.717) is 16.4 Å². The minimum atomic E-state index is -0.474. The van der Waals surface area contributed by atoms with E-state index in [1.54, 1.807) is 19.2 Å². The molecule has 0 N–H and O–H groups in total. The maximum Gasteiger partial charge on any atom is 0.126 e. The topological polar surface area (TPSA) is 41.6 Å². The van der Waals surface area contributed by atoms with Crippen molar-refractivity contribution in [3.63, 3.8) is 0 Å². The quantitative estimate of drug-likeness (QED) is 0.785. The van der Waals surface area contributed by atoms with Crippen LogP contribution in [0.1, 0.15) is 25.1 Å². The van der Waals surface area contributed by atoms with E-state index in [9.17, 15) is 4.39 Å². The third-order valence-electron chi connectivity index (χ3n) is 2.12. The lowest BCUT2D eigenvalue weighted by Gasteiger charge is -2.01. The Kier molecular flexibility index (Phi) is 4.87. The predicted molar refractivity (Wildman–Crippen MR) is 69.3 cm³/mol. The van der Waals surface area contributed by atoms with Crippen LogP contribution in [-0.2, 0) is 0 Å². The number of halogens is 2. The first-order valence-corrected chi connectivity index (χ1v) is 5.91. The van der Waals surface area contributed by atoms with Crippen LogP contribution in [0.5, 0.6) is 0 Å². The van der Waals surface area contributed by atoms with Crippen LogP contribution in [0.2, 0.25) is 5.02 Å². The van der Waals surface area contributed by atoms with Crippen LogP contribution < -0.4 is 0 Å². The fraction of sp³-hybridized carbons (Fsp3) is 0.231. The van der Waals surface area contributed by atoms with Crippen LogP contribution in [0.15, 0.2) is 24.4 Å². The monoisotopic (exact) mass is 265 g/mol. The van der Waals surface area contributed by atoms with Gasteiger partial charge in [0.25, 0.3) is 0 Å². The summed E-state index contributed by atoms with van der Waals surface area (Å²) in [5, 5.41) is 13.3. The third-order valence-corrected chi connectivity index (χ3v) is 2.49. The normalized spacial score (nSPS) is 9.33. The number of nitriles is 1. The molecule has 0 aliphatic rings. The van der Waals surface area contributed by atoms with Gasteiger partial charge in [-0.2, -0.15) is 10.4 Å². The van der Waals surface area contributed by atoms with Crippen LogP contribution in [0.25, 0.3) is 5.69 Å². The Morgan fingerprint density at radius 1 is 1.33 bits per heavy atom. The van der Waals surface area contributed by atoms with Gasteiger partial charge >= 0.3 is 0 Å². The minimum Gasteiger partial charge on any atom is -0.239 e. The second-order valence-electron chi connectivity index (χ2n) is 3.32. The lowest BCUT2D eigenvalue weighted by atomic mass is 10.2. The molecule has 0 bridgehead atoms. The standard InChI is InChI=1S/C11H7ClFN3.C2H6/c1-7-11(12)6-16(15-7)10-3-8(5-14)2-9(13)4-10;1-2/h2-4,6H,1H3;1-2H3. The predicted octanol–water partition coefficient (Wildman–Crippen LogP) is 3.87. The van der Waals surface area contributed by atoms with Crippen molar-refractivity contribution in [3.05, 3.63) is 46.5 Å². The highest BCUT2D eigenvalue weighted by atomic mass is 35.5. The number of hydrogen-bond donors (Lipinski definition) is 0. The van der Waals surface area contributed by atoms with E-state index < -0.39 is 5.82 Å². The summed E-state index contributed by atoms with van der Waals surface area (Å²) in [6.07, 6.45) is 1.58. The molecule has 0 radical (unpaired) electrons. The molecule has 0 amide bonds. The molecule has 0 spiro atoms. The zero-order chi connectivity index (χ0) is 13.7. The molecule has 1 heterocycles. The van der Waals surface area contributed by atoms with Gasteiger partial charge in [0.05, 0.1) is 28.0 Å². The van der Waals surface area contributed by atoms with Gasteiger partial charge in [-0.3, -0.25) is 0 Å². The summed E-state index contributed by atoms with van der Waals surface area (Å²) in [6, 6.07) is 5.90. The second kappa shape index (κ2) is 6.18. The van der Waals surface area contributed by atoms with E-state index in [-0.39, 0.29) is 5.56 Å². The molecule has 3 nitrogen and oxygen atoms in total. The highest BCUT2D eigenvalue weighted by molar-refractivity contribution is 6.31. The molecule has 2 rings (SSSR count). The lowest BCUT2D eigenvalue weighted by Crippen LogP contribution is -1.96. The molecule has 0 aliphatic heterocycles. The van der Waals surface area contributed by atoms with E-state index in [2.05, 4.69) is 5.10 Å². The summed E-state index contributed by atoms with van der Waals surface area (Å²) in [7, 11) is 0. The van der Waals surface area contributed by atoms with Crippen molar-refractivity contribution in [3.8, 4) is 11.8 Å². The Morgan fingerprint density at radius 2 is 2.00 bits per heavy atom. The van der Waals surface area contributed by atoms with Gasteiger partial charge in [0.2, 0.25) is 0 Å². The van der Waals surface area contributed by atoms with Crippen molar-refractivity contribution in [1.29, 1.82) is 5.26 Å². The molecule has 94 valence electrons. The van der Waals surface area contributed by atoms with Crippen LogP contribution in [0.3, 0.4) is 0 Å². The number of aromatic nitrogens is 2. The van der Waals surface area contributed by atoms with Crippen molar-refractivity contribution in [2.24, 2.45) is 0 Å². The highest BCUT2D eigenvalue weighted by Crippen LogP contribution is 2.18. The second-order valence-corrected chi connectivity index (χ2v) is 3.72. The Balaban J connectivity index is 0.000000771. The van der Waals surface area contributed by atoms with Crippen molar-refractivity contribution in [1.82, 2.24) is 9.78 Å². The van der Waals surface area contributed by atoms with Gasteiger partial charge in [-0.25, -0.2) is 9.07 Å². The van der Waals surface area contributed by atoms with Crippen LogP contribution in [0, 0.1) is 24.1 Å². The Labute approximate surface area is 110 Å². The van der Waals surface area contributed by atoms with Gasteiger partial charge in [0.1, 0.15) is 5.82 Å². The smallest absolute Gasteiger partial charge is 0.126 e. The molecular formula is C13H13ClFN3. The lowest BCUT2D eigenvalue weighted by molar-refractivity contribution is 0.625.